The van der Waals surface area contributed by atoms with Gasteiger partial charge in [-0.3, -0.25) is 0 Å². The zero-order valence-corrected chi connectivity index (χ0v) is 8.57. The zero-order valence-electron chi connectivity index (χ0n) is 8.57. The summed E-state index contributed by atoms with van der Waals surface area (Å²) in [5.41, 5.74) is 1.45. The second-order valence-electron chi connectivity index (χ2n) is 3.92. The van der Waals surface area contributed by atoms with Gasteiger partial charge in [0, 0.05) is 0 Å². The Morgan fingerprint density at radius 1 is 1.27 bits per heavy atom. The van der Waals surface area contributed by atoms with Crippen molar-refractivity contribution in [1.82, 2.24) is 5.32 Å². The highest BCUT2D eigenvalue weighted by molar-refractivity contribution is 5.89. The van der Waals surface area contributed by atoms with Gasteiger partial charge in [0.05, 0.1) is 5.56 Å². The molecule has 1 aliphatic heterocycles. The van der Waals surface area contributed by atoms with Crippen molar-refractivity contribution in [3.05, 3.63) is 35.4 Å². The van der Waals surface area contributed by atoms with Crippen molar-refractivity contribution in [3.8, 4) is 0 Å². The topological polar surface area (TPSA) is 49.3 Å². The molecule has 0 aliphatic carbocycles. The molecule has 0 amide bonds. The van der Waals surface area contributed by atoms with Gasteiger partial charge in [0.1, 0.15) is 0 Å². The van der Waals surface area contributed by atoms with Crippen LogP contribution in [0.15, 0.2) is 24.3 Å². The minimum atomic E-state index is -0.816. The Hall–Kier alpha value is -1.35. The van der Waals surface area contributed by atoms with Crippen LogP contribution in [0, 0.1) is 0 Å². The predicted octanol–water partition coefficient (Wildman–Crippen LogP) is 1.85. The third-order valence-electron chi connectivity index (χ3n) is 2.97. The van der Waals surface area contributed by atoms with Crippen LogP contribution in [0.1, 0.15) is 34.7 Å². The number of carbonyl (C=O) groups is 1. The van der Waals surface area contributed by atoms with E-state index < -0.39 is 5.97 Å². The normalized spacial score (nSPS) is 17.6. The number of hydrogen-bond acceptors (Lipinski definition) is 2. The molecule has 1 aromatic rings. The first kappa shape index (κ1) is 10.2. The lowest BCUT2D eigenvalue weighted by Gasteiger charge is -2.24. The van der Waals surface area contributed by atoms with E-state index in [9.17, 15) is 4.79 Å². The van der Waals surface area contributed by atoms with Gasteiger partial charge >= 0.3 is 5.97 Å². The van der Waals surface area contributed by atoms with Crippen LogP contribution in [0.3, 0.4) is 0 Å². The smallest absolute Gasteiger partial charge is 0.335 e. The molecule has 2 N–H and O–H groups in total. The largest absolute Gasteiger partial charge is 0.478 e. The maximum Gasteiger partial charge on any atom is 0.335 e. The van der Waals surface area contributed by atoms with Crippen molar-refractivity contribution in [3.63, 3.8) is 0 Å². The number of rotatable bonds is 2. The lowest BCUT2D eigenvalue weighted by Crippen LogP contribution is -2.27. The Bertz CT molecular complexity index is 356. The van der Waals surface area contributed by atoms with Crippen molar-refractivity contribution < 1.29 is 9.90 Å². The number of benzene rings is 1. The lowest BCUT2D eigenvalue weighted by molar-refractivity contribution is 0.0695. The molecule has 1 saturated heterocycles. The molecular weight excluding hydrogens is 190 g/mol. The number of nitrogens with one attached hydrogen (secondary N) is 1. The summed E-state index contributed by atoms with van der Waals surface area (Å²) in [6, 6.07) is 7.34. The Morgan fingerprint density at radius 2 is 1.93 bits per heavy atom. The Morgan fingerprint density at radius 3 is 2.60 bits per heavy atom. The van der Waals surface area contributed by atoms with Gasteiger partial charge in [-0.15, -0.1) is 0 Å². The van der Waals surface area contributed by atoms with Gasteiger partial charge in [0.25, 0.3) is 0 Å². The summed E-state index contributed by atoms with van der Waals surface area (Å²) in [6.07, 6.45) is 2.06. The van der Waals surface area contributed by atoms with Crippen LogP contribution in [0.25, 0.3) is 0 Å². The third-order valence-corrected chi connectivity index (χ3v) is 2.97. The molecule has 1 fully saturated rings. The summed E-state index contributed by atoms with van der Waals surface area (Å²) in [7, 11) is 0. The molecule has 0 spiro atoms. The third kappa shape index (κ3) is 2.18. The van der Waals surface area contributed by atoms with Crippen molar-refractivity contribution >= 4 is 5.97 Å². The maximum absolute atomic E-state index is 11.0. The first-order valence-corrected chi connectivity index (χ1v) is 5.32. The van der Waals surface area contributed by atoms with E-state index >= 15 is 0 Å². The Labute approximate surface area is 89.1 Å². The number of aromatic carboxylic acids is 1. The van der Waals surface area contributed by atoms with Gasteiger partial charge in [0.2, 0.25) is 0 Å². The SMILES string of the molecule is O=C(O)c1ccccc1C1CCNCC1. The monoisotopic (exact) mass is 205 g/mol. The maximum atomic E-state index is 11.0. The highest BCUT2D eigenvalue weighted by Gasteiger charge is 2.20. The molecule has 1 aliphatic rings. The lowest BCUT2D eigenvalue weighted by atomic mass is 9.87. The molecule has 1 heterocycles. The van der Waals surface area contributed by atoms with Crippen molar-refractivity contribution in [2.45, 2.75) is 18.8 Å². The summed E-state index contributed by atoms with van der Waals surface area (Å²) >= 11 is 0. The molecule has 0 atom stereocenters. The molecule has 1 aromatic carbocycles. The van der Waals surface area contributed by atoms with Crippen LogP contribution in [0.4, 0.5) is 0 Å². The van der Waals surface area contributed by atoms with Crippen molar-refractivity contribution in [1.29, 1.82) is 0 Å². The average molecular weight is 205 g/mol. The standard InChI is InChI=1S/C12H15NO2/c14-12(15)11-4-2-1-3-10(11)9-5-7-13-8-6-9/h1-4,9,13H,5-8H2,(H,14,15). The fourth-order valence-corrected chi connectivity index (χ4v) is 2.18. The van der Waals surface area contributed by atoms with Gasteiger partial charge in [-0.05, 0) is 43.5 Å². The quantitative estimate of drug-likeness (QED) is 0.774. The van der Waals surface area contributed by atoms with E-state index in [0.29, 0.717) is 11.5 Å². The summed E-state index contributed by atoms with van der Waals surface area (Å²) in [5.74, 6) is -0.414. The van der Waals surface area contributed by atoms with Gasteiger partial charge in [-0.2, -0.15) is 0 Å². The molecule has 0 saturated carbocycles. The second kappa shape index (κ2) is 4.45. The van der Waals surface area contributed by atoms with Gasteiger partial charge < -0.3 is 10.4 Å². The van der Waals surface area contributed by atoms with E-state index in [-0.39, 0.29) is 0 Å². The van der Waals surface area contributed by atoms with E-state index in [0.717, 1.165) is 31.5 Å². The van der Waals surface area contributed by atoms with Crippen molar-refractivity contribution in [2.24, 2.45) is 0 Å². The van der Waals surface area contributed by atoms with Gasteiger partial charge in [-0.1, -0.05) is 18.2 Å². The van der Waals surface area contributed by atoms with Crippen LogP contribution in [0.2, 0.25) is 0 Å². The zero-order chi connectivity index (χ0) is 10.7. The predicted molar refractivity (Wildman–Crippen MR) is 58.2 cm³/mol. The van der Waals surface area contributed by atoms with Crippen LogP contribution >= 0.6 is 0 Å². The van der Waals surface area contributed by atoms with Gasteiger partial charge in [0.15, 0.2) is 0 Å². The molecule has 3 heteroatoms. The summed E-state index contributed by atoms with van der Waals surface area (Å²) in [6.45, 7) is 1.97. The molecule has 0 radical (unpaired) electrons. The minimum absolute atomic E-state index is 0.401. The molecule has 0 unspecified atom stereocenters. The molecule has 2 rings (SSSR count). The number of hydrogen-bond donors (Lipinski definition) is 2. The van der Waals surface area contributed by atoms with E-state index in [4.69, 9.17) is 5.11 Å². The fourth-order valence-electron chi connectivity index (χ4n) is 2.18. The molecule has 0 aromatic heterocycles. The Kier molecular flexibility index (Phi) is 3.02. The molecule has 3 nitrogen and oxygen atoms in total. The summed E-state index contributed by atoms with van der Waals surface area (Å²) in [5, 5.41) is 12.4. The van der Waals surface area contributed by atoms with Crippen LogP contribution < -0.4 is 5.32 Å². The first-order chi connectivity index (χ1) is 7.29. The molecule has 15 heavy (non-hydrogen) atoms. The van der Waals surface area contributed by atoms with Crippen molar-refractivity contribution in [2.75, 3.05) is 13.1 Å². The van der Waals surface area contributed by atoms with E-state index in [2.05, 4.69) is 5.32 Å². The van der Waals surface area contributed by atoms with E-state index in [1.165, 1.54) is 0 Å². The molecular formula is C12H15NO2. The minimum Gasteiger partial charge on any atom is -0.478 e. The summed E-state index contributed by atoms with van der Waals surface area (Å²) in [4.78, 5) is 11.0. The second-order valence-corrected chi connectivity index (χ2v) is 3.92. The van der Waals surface area contributed by atoms with Crippen LogP contribution in [0.5, 0.6) is 0 Å². The highest BCUT2D eigenvalue weighted by atomic mass is 16.4. The van der Waals surface area contributed by atoms with E-state index in [1.807, 2.05) is 12.1 Å². The van der Waals surface area contributed by atoms with Crippen LogP contribution in [-0.4, -0.2) is 24.2 Å². The Balaban J connectivity index is 2.29. The number of carboxylic acids is 1. The van der Waals surface area contributed by atoms with Gasteiger partial charge in [-0.25, -0.2) is 4.79 Å². The number of carboxylic acid groups (broad SMARTS) is 1. The molecule has 0 bridgehead atoms. The average Bonchev–Trinajstić information content (AvgIpc) is 2.30. The molecule has 80 valence electrons. The first-order valence-electron chi connectivity index (χ1n) is 5.32. The fraction of sp³-hybridized carbons (Fsp3) is 0.417. The van der Waals surface area contributed by atoms with E-state index in [1.54, 1.807) is 12.1 Å². The van der Waals surface area contributed by atoms with Crippen LogP contribution in [-0.2, 0) is 0 Å². The number of piperidine rings is 1. The highest BCUT2D eigenvalue weighted by Crippen LogP contribution is 2.27. The summed E-state index contributed by atoms with van der Waals surface area (Å²) < 4.78 is 0.